The van der Waals surface area contributed by atoms with Gasteiger partial charge in [-0.2, -0.15) is 9.57 Å². The van der Waals surface area contributed by atoms with Gasteiger partial charge in [0.15, 0.2) is 11.2 Å². The predicted molar refractivity (Wildman–Crippen MR) is 134 cm³/mol. The lowest BCUT2D eigenvalue weighted by Crippen LogP contribution is -2.63. The summed E-state index contributed by atoms with van der Waals surface area (Å²) in [6.07, 6.45) is 1.00. The Morgan fingerprint density at radius 2 is 2.09 bits per heavy atom. The zero-order valence-electron chi connectivity index (χ0n) is 20.9. The van der Waals surface area contributed by atoms with Crippen molar-refractivity contribution in [2.24, 2.45) is 0 Å². The minimum Gasteiger partial charge on any atom is -0.465 e. The highest BCUT2D eigenvalue weighted by atomic mass is 32.2. The molecular formula is C24H37N5O5S. The Balaban J connectivity index is 1.76. The van der Waals surface area contributed by atoms with Crippen LogP contribution in [0, 0.1) is 18.3 Å². The number of ether oxygens (including phenoxy) is 2. The molecule has 2 fully saturated rings. The number of hydrogen-bond donors (Lipinski definition) is 2. The van der Waals surface area contributed by atoms with Gasteiger partial charge >= 0.3 is 5.97 Å². The fourth-order valence-electron chi connectivity index (χ4n) is 4.88. The molecule has 11 heteroatoms. The number of methoxy groups -OCH3 is 1. The topological polar surface area (TPSA) is 118 Å². The normalized spacial score (nSPS) is 24.3. The van der Waals surface area contributed by atoms with Gasteiger partial charge in [-0.1, -0.05) is 0 Å². The first-order chi connectivity index (χ1) is 16.9. The third kappa shape index (κ3) is 6.02. The van der Waals surface area contributed by atoms with Crippen LogP contribution in [0.15, 0.2) is 18.2 Å². The molecule has 1 aromatic rings. The third-order valence-electron chi connectivity index (χ3n) is 6.71. The third-order valence-corrected chi connectivity index (χ3v) is 8.50. The maximum atomic E-state index is 13.9. The maximum Gasteiger partial charge on any atom is 0.328 e. The molecule has 2 heterocycles. The number of rotatable bonds is 11. The van der Waals surface area contributed by atoms with Gasteiger partial charge in [0, 0.05) is 58.1 Å². The number of carbonyl (C=O) groups excluding carboxylic acids is 1. The standard InChI is InChI=1S/C24H37N5O5S/c1-4-34-23(31)24(18-26-9-14-33-3)8-7-21(17-30)29(24)35(32)28-12-10-27(11-13-28)22-6-5-20(16-25)15-19(22)2/h5-6,15,21,26,30H,4,7-14,17-18H2,1-3H3. The molecule has 0 amide bonds. The predicted octanol–water partition coefficient (Wildman–Crippen LogP) is 0.562. The number of piperazine rings is 1. The Bertz CT molecular complexity index is 933. The van der Waals surface area contributed by atoms with Crippen LogP contribution >= 0.6 is 0 Å². The van der Waals surface area contributed by atoms with Crippen LogP contribution in [-0.2, 0) is 25.4 Å². The minimum absolute atomic E-state index is 0.185. The van der Waals surface area contributed by atoms with Crippen LogP contribution in [0.1, 0.15) is 30.9 Å². The summed E-state index contributed by atoms with van der Waals surface area (Å²) < 4.78 is 28.0. The summed E-state index contributed by atoms with van der Waals surface area (Å²) in [5.74, 6) is -0.416. The fourth-order valence-corrected chi connectivity index (χ4v) is 6.56. The van der Waals surface area contributed by atoms with Crippen molar-refractivity contribution in [3.63, 3.8) is 0 Å². The molecule has 3 rings (SSSR count). The lowest BCUT2D eigenvalue weighted by atomic mass is 9.97. The summed E-state index contributed by atoms with van der Waals surface area (Å²) in [4.78, 5) is 15.4. The van der Waals surface area contributed by atoms with E-state index in [1.54, 1.807) is 18.3 Å². The average molecular weight is 508 g/mol. The molecule has 0 radical (unpaired) electrons. The summed E-state index contributed by atoms with van der Waals surface area (Å²) in [5.41, 5.74) is 1.60. The molecule has 3 atom stereocenters. The van der Waals surface area contributed by atoms with Gasteiger partial charge in [0.2, 0.25) is 0 Å². The second-order valence-corrected chi connectivity index (χ2v) is 10.3. The molecule has 2 aliphatic heterocycles. The lowest BCUT2D eigenvalue weighted by molar-refractivity contribution is -0.154. The van der Waals surface area contributed by atoms with E-state index in [1.807, 2.05) is 29.4 Å². The van der Waals surface area contributed by atoms with Gasteiger partial charge in [0.25, 0.3) is 0 Å². The quantitative estimate of drug-likeness (QED) is 0.330. The minimum atomic E-state index is -1.63. The molecule has 0 aliphatic carbocycles. The molecule has 0 saturated carbocycles. The van der Waals surface area contributed by atoms with E-state index in [9.17, 15) is 14.1 Å². The number of hydrogen-bond acceptors (Lipinski definition) is 8. The van der Waals surface area contributed by atoms with E-state index in [4.69, 9.17) is 14.7 Å². The Hall–Kier alpha value is -2.07. The Morgan fingerprint density at radius 3 is 2.69 bits per heavy atom. The van der Waals surface area contributed by atoms with Gasteiger partial charge in [-0.05, 0) is 50.5 Å². The number of aryl methyl sites for hydroxylation is 1. The number of nitrogens with zero attached hydrogens (tertiary/aromatic N) is 4. The fraction of sp³-hybridized carbons (Fsp3) is 0.667. The molecule has 10 nitrogen and oxygen atoms in total. The lowest BCUT2D eigenvalue weighted by Gasteiger charge is -2.42. The molecule has 0 bridgehead atoms. The van der Waals surface area contributed by atoms with E-state index in [1.165, 1.54) is 0 Å². The number of anilines is 1. The van der Waals surface area contributed by atoms with Crippen LogP contribution in [0.3, 0.4) is 0 Å². The second-order valence-electron chi connectivity index (χ2n) is 8.88. The second kappa shape index (κ2) is 12.8. The zero-order valence-corrected chi connectivity index (χ0v) is 21.7. The summed E-state index contributed by atoms with van der Waals surface area (Å²) in [6, 6.07) is 7.41. The first-order valence-corrected chi connectivity index (χ1v) is 13.2. The van der Waals surface area contributed by atoms with Crippen molar-refractivity contribution in [3.8, 4) is 6.07 Å². The van der Waals surface area contributed by atoms with Gasteiger partial charge in [-0.15, -0.1) is 0 Å². The van der Waals surface area contributed by atoms with Crippen molar-refractivity contribution < 1.29 is 23.6 Å². The van der Waals surface area contributed by atoms with Crippen molar-refractivity contribution in [3.05, 3.63) is 29.3 Å². The monoisotopic (exact) mass is 507 g/mol. The SMILES string of the molecule is CCOC(=O)C1(CNCCOC)CCC(CO)N1S(=O)N1CCN(c2ccc(C#N)cc2C)CC1. The first-order valence-electron chi connectivity index (χ1n) is 12.1. The molecule has 35 heavy (non-hydrogen) atoms. The number of benzene rings is 1. The van der Waals surface area contributed by atoms with Crippen molar-refractivity contribution in [2.45, 2.75) is 38.3 Å². The van der Waals surface area contributed by atoms with E-state index in [0.29, 0.717) is 57.7 Å². The van der Waals surface area contributed by atoms with Crippen molar-refractivity contribution >= 4 is 22.8 Å². The average Bonchev–Trinajstić information content (AvgIpc) is 3.26. The van der Waals surface area contributed by atoms with E-state index < -0.39 is 28.7 Å². The smallest absolute Gasteiger partial charge is 0.328 e. The molecule has 1 aromatic carbocycles. The van der Waals surface area contributed by atoms with Gasteiger partial charge in [0.05, 0.1) is 31.5 Å². The zero-order chi connectivity index (χ0) is 25.4. The summed E-state index contributed by atoms with van der Waals surface area (Å²) >= 11 is -1.63. The van der Waals surface area contributed by atoms with E-state index >= 15 is 0 Å². The van der Waals surface area contributed by atoms with E-state index in [-0.39, 0.29) is 19.8 Å². The molecule has 2 aliphatic rings. The largest absolute Gasteiger partial charge is 0.465 e. The number of aliphatic hydroxyl groups excluding tert-OH is 1. The number of nitrogens with one attached hydrogen (secondary N) is 1. The number of carbonyl (C=O) groups is 1. The Kier molecular flexibility index (Phi) is 10.0. The van der Waals surface area contributed by atoms with Crippen LogP contribution in [0.2, 0.25) is 0 Å². The van der Waals surface area contributed by atoms with Crippen molar-refractivity contribution in [1.29, 1.82) is 5.26 Å². The molecule has 3 unspecified atom stereocenters. The summed E-state index contributed by atoms with van der Waals surface area (Å²) in [5, 5.41) is 22.5. The number of aliphatic hydroxyl groups is 1. The van der Waals surface area contributed by atoms with Gasteiger partial charge in [0.1, 0.15) is 5.54 Å². The first kappa shape index (κ1) is 27.5. The van der Waals surface area contributed by atoms with Gasteiger partial charge in [-0.25, -0.2) is 13.3 Å². The van der Waals surface area contributed by atoms with Crippen LogP contribution in [0.5, 0.6) is 0 Å². The Labute approximate surface area is 210 Å². The Morgan fingerprint density at radius 1 is 1.34 bits per heavy atom. The van der Waals surface area contributed by atoms with E-state index in [0.717, 1.165) is 11.3 Å². The highest BCUT2D eigenvalue weighted by Gasteiger charge is 2.56. The molecule has 2 N–H and O–H groups in total. The van der Waals surface area contributed by atoms with Crippen LogP contribution < -0.4 is 10.2 Å². The molecule has 2 saturated heterocycles. The molecule has 194 valence electrons. The molecule has 0 aromatic heterocycles. The highest BCUT2D eigenvalue weighted by Crippen LogP contribution is 2.37. The summed E-state index contributed by atoms with van der Waals surface area (Å²) in [6.45, 7) is 7.49. The van der Waals surface area contributed by atoms with E-state index in [2.05, 4.69) is 16.3 Å². The van der Waals surface area contributed by atoms with Crippen molar-refractivity contribution in [1.82, 2.24) is 13.9 Å². The molecule has 0 spiro atoms. The van der Waals surface area contributed by atoms with Crippen LogP contribution in [0.25, 0.3) is 0 Å². The number of esters is 1. The van der Waals surface area contributed by atoms with Crippen molar-refractivity contribution in [2.75, 3.05) is 71.1 Å². The summed E-state index contributed by atoms with van der Waals surface area (Å²) in [7, 11) is 1.61. The highest BCUT2D eigenvalue weighted by molar-refractivity contribution is 7.80. The van der Waals surface area contributed by atoms with Gasteiger partial charge in [-0.3, -0.25) is 0 Å². The number of nitriles is 1. The maximum absolute atomic E-state index is 13.9. The van der Waals surface area contributed by atoms with Crippen LogP contribution in [-0.4, -0.2) is 102 Å². The molecular weight excluding hydrogens is 470 g/mol. The van der Waals surface area contributed by atoms with Crippen LogP contribution in [0.4, 0.5) is 5.69 Å². The van der Waals surface area contributed by atoms with Gasteiger partial charge < -0.3 is 24.8 Å².